The molecule has 6 heteroatoms. The maximum atomic E-state index is 12.7. The minimum atomic E-state index is -0.345. The Kier molecular flexibility index (Phi) is 7.05. The zero-order valence-corrected chi connectivity index (χ0v) is 17.0. The second-order valence-corrected chi connectivity index (χ2v) is 6.53. The minimum absolute atomic E-state index is 0.150. The monoisotopic (exact) mass is 404 g/mol. The van der Waals surface area contributed by atoms with Crippen LogP contribution in [0.5, 0.6) is 11.5 Å². The van der Waals surface area contributed by atoms with Gasteiger partial charge in [-0.1, -0.05) is 43.3 Å². The first-order chi connectivity index (χ1) is 14.6. The van der Waals surface area contributed by atoms with Crippen LogP contribution in [0.2, 0.25) is 0 Å². The third-order valence-electron chi connectivity index (χ3n) is 4.49. The van der Waals surface area contributed by atoms with Crippen LogP contribution in [0.15, 0.2) is 72.8 Å². The van der Waals surface area contributed by atoms with Gasteiger partial charge in [-0.15, -0.1) is 0 Å². The summed E-state index contributed by atoms with van der Waals surface area (Å²) in [4.78, 5) is 25.2. The normalized spacial score (nSPS) is 10.2. The highest BCUT2D eigenvalue weighted by atomic mass is 16.5. The van der Waals surface area contributed by atoms with Gasteiger partial charge in [-0.2, -0.15) is 0 Å². The molecule has 3 aromatic carbocycles. The van der Waals surface area contributed by atoms with Gasteiger partial charge in [0.05, 0.1) is 18.4 Å². The summed E-state index contributed by atoms with van der Waals surface area (Å²) in [5.74, 6) is 0.636. The van der Waals surface area contributed by atoms with Crippen LogP contribution in [-0.4, -0.2) is 25.5 Å². The van der Waals surface area contributed by atoms with E-state index >= 15 is 0 Å². The predicted octanol–water partition coefficient (Wildman–Crippen LogP) is 4.53. The van der Waals surface area contributed by atoms with Gasteiger partial charge in [0.25, 0.3) is 11.8 Å². The standard InChI is InChI=1S/C24H24N2O4/c1-3-17-9-4-7-14-22(17)30-16-23(27)26-21-13-6-5-12-20(21)24(28)25-18-10-8-11-19(15-18)29-2/h4-15H,3,16H2,1-2H3,(H,25,28)(H,26,27). The lowest BCUT2D eigenvalue weighted by molar-refractivity contribution is -0.118. The number of ether oxygens (including phenoxy) is 2. The van der Waals surface area contributed by atoms with Crippen molar-refractivity contribution in [2.24, 2.45) is 0 Å². The molecule has 0 radical (unpaired) electrons. The van der Waals surface area contributed by atoms with Gasteiger partial charge >= 0.3 is 0 Å². The van der Waals surface area contributed by atoms with E-state index in [0.29, 0.717) is 28.4 Å². The number of para-hydroxylation sites is 2. The van der Waals surface area contributed by atoms with Crippen LogP contribution in [0.1, 0.15) is 22.8 Å². The van der Waals surface area contributed by atoms with Crippen molar-refractivity contribution in [1.82, 2.24) is 0 Å². The Balaban J connectivity index is 1.67. The maximum Gasteiger partial charge on any atom is 0.262 e. The van der Waals surface area contributed by atoms with Gasteiger partial charge in [-0.25, -0.2) is 0 Å². The summed E-state index contributed by atoms with van der Waals surface area (Å²) in [5, 5.41) is 5.58. The van der Waals surface area contributed by atoms with Crippen molar-refractivity contribution in [2.45, 2.75) is 13.3 Å². The summed E-state index contributed by atoms with van der Waals surface area (Å²) in [6, 6.07) is 21.5. The summed E-state index contributed by atoms with van der Waals surface area (Å²) in [6.07, 6.45) is 0.811. The second-order valence-electron chi connectivity index (χ2n) is 6.53. The van der Waals surface area contributed by atoms with Gasteiger partial charge in [-0.05, 0) is 42.3 Å². The molecular weight excluding hydrogens is 380 g/mol. The van der Waals surface area contributed by atoms with E-state index in [2.05, 4.69) is 10.6 Å². The van der Waals surface area contributed by atoms with Gasteiger partial charge < -0.3 is 20.1 Å². The minimum Gasteiger partial charge on any atom is -0.497 e. The number of hydrogen-bond acceptors (Lipinski definition) is 4. The Morgan fingerprint density at radius 3 is 2.47 bits per heavy atom. The molecule has 0 aliphatic carbocycles. The largest absolute Gasteiger partial charge is 0.497 e. The van der Waals surface area contributed by atoms with E-state index in [0.717, 1.165) is 12.0 Å². The molecule has 0 aliphatic rings. The molecule has 154 valence electrons. The first-order valence-corrected chi connectivity index (χ1v) is 9.65. The molecule has 0 spiro atoms. The lowest BCUT2D eigenvalue weighted by Gasteiger charge is -2.13. The molecule has 0 atom stereocenters. The third-order valence-corrected chi connectivity index (χ3v) is 4.49. The smallest absolute Gasteiger partial charge is 0.262 e. The molecule has 0 aromatic heterocycles. The van der Waals surface area contributed by atoms with E-state index in [1.165, 1.54) is 0 Å². The lowest BCUT2D eigenvalue weighted by atomic mass is 10.1. The molecule has 0 saturated heterocycles. The third kappa shape index (κ3) is 5.38. The Labute approximate surface area is 175 Å². The molecule has 0 fully saturated rings. The van der Waals surface area contributed by atoms with Gasteiger partial charge in [0.15, 0.2) is 6.61 Å². The van der Waals surface area contributed by atoms with E-state index in [9.17, 15) is 9.59 Å². The quantitative estimate of drug-likeness (QED) is 0.578. The molecule has 2 N–H and O–H groups in total. The molecular formula is C24H24N2O4. The topological polar surface area (TPSA) is 76.7 Å². The number of carbonyl (C=O) groups excluding carboxylic acids is 2. The molecule has 6 nitrogen and oxygen atoms in total. The molecule has 30 heavy (non-hydrogen) atoms. The Hall–Kier alpha value is -3.80. The van der Waals surface area contributed by atoms with Crippen molar-refractivity contribution in [3.05, 3.63) is 83.9 Å². The highest BCUT2D eigenvalue weighted by molar-refractivity contribution is 6.10. The first kappa shape index (κ1) is 20.9. The Morgan fingerprint density at radius 1 is 0.900 bits per heavy atom. The van der Waals surface area contributed by atoms with Crippen LogP contribution >= 0.6 is 0 Å². The zero-order chi connectivity index (χ0) is 21.3. The molecule has 3 rings (SSSR count). The van der Waals surface area contributed by atoms with Crippen LogP contribution in [0.25, 0.3) is 0 Å². The molecule has 0 aliphatic heterocycles. The summed E-state index contributed by atoms with van der Waals surface area (Å²) < 4.78 is 10.8. The van der Waals surface area contributed by atoms with E-state index in [1.54, 1.807) is 55.6 Å². The molecule has 0 heterocycles. The maximum absolute atomic E-state index is 12.7. The fraction of sp³-hybridized carbons (Fsp3) is 0.167. The highest BCUT2D eigenvalue weighted by Gasteiger charge is 2.14. The summed E-state index contributed by atoms with van der Waals surface area (Å²) >= 11 is 0. The molecule has 3 aromatic rings. The number of anilines is 2. The number of aryl methyl sites for hydroxylation is 1. The van der Waals surface area contributed by atoms with Crippen molar-refractivity contribution in [2.75, 3.05) is 24.4 Å². The number of amides is 2. The number of methoxy groups -OCH3 is 1. The first-order valence-electron chi connectivity index (χ1n) is 9.65. The SMILES string of the molecule is CCc1ccccc1OCC(=O)Nc1ccccc1C(=O)Nc1cccc(OC)c1. The molecule has 0 unspecified atom stereocenters. The van der Waals surface area contributed by atoms with Crippen LogP contribution in [0, 0.1) is 0 Å². The lowest BCUT2D eigenvalue weighted by Crippen LogP contribution is -2.23. The van der Waals surface area contributed by atoms with Gasteiger partial charge in [0.1, 0.15) is 11.5 Å². The Morgan fingerprint density at radius 2 is 1.67 bits per heavy atom. The van der Waals surface area contributed by atoms with Crippen LogP contribution in [-0.2, 0) is 11.2 Å². The molecule has 0 bridgehead atoms. The number of hydrogen-bond donors (Lipinski definition) is 2. The van der Waals surface area contributed by atoms with Gasteiger partial charge in [-0.3, -0.25) is 9.59 Å². The van der Waals surface area contributed by atoms with Gasteiger partial charge in [0.2, 0.25) is 0 Å². The average Bonchev–Trinajstić information content (AvgIpc) is 2.78. The van der Waals surface area contributed by atoms with Crippen molar-refractivity contribution < 1.29 is 19.1 Å². The average molecular weight is 404 g/mol. The van der Waals surface area contributed by atoms with Crippen molar-refractivity contribution in [3.8, 4) is 11.5 Å². The number of nitrogens with one attached hydrogen (secondary N) is 2. The van der Waals surface area contributed by atoms with E-state index < -0.39 is 0 Å². The number of rotatable bonds is 8. The molecule has 0 saturated carbocycles. The predicted molar refractivity (Wildman–Crippen MR) is 117 cm³/mol. The summed E-state index contributed by atoms with van der Waals surface area (Å²) in [6.45, 7) is 1.88. The number of benzene rings is 3. The molecule has 2 amide bonds. The zero-order valence-electron chi connectivity index (χ0n) is 17.0. The van der Waals surface area contributed by atoms with Crippen LogP contribution in [0.4, 0.5) is 11.4 Å². The number of carbonyl (C=O) groups is 2. The second kappa shape index (κ2) is 10.1. The fourth-order valence-electron chi connectivity index (χ4n) is 2.96. The summed E-state index contributed by atoms with van der Waals surface area (Å²) in [7, 11) is 1.56. The van der Waals surface area contributed by atoms with Crippen LogP contribution < -0.4 is 20.1 Å². The Bertz CT molecular complexity index is 1030. The fourth-order valence-corrected chi connectivity index (χ4v) is 2.96. The summed E-state index contributed by atoms with van der Waals surface area (Å²) in [5.41, 5.74) is 2.39. The van der Waals surface area contributed by atoms with E-state index in [1.807, 2.05) is 31.2 Å². The van der Waals surface area contributed by atoms with Crippen molar-refractivity contribution >= 4 is 23.2 Å². The highest BCUT2D eigenvalue weighted by Crippen LogP contribution is 2.21. The van der Waals surface area contributed by atoms with E-state index in [-0.39, 0.29) is 18.4 Å². The van der Waals surface area contributed by atoms with Crippen molar-refractivity contribution in [1.29, 1.82) is 0 Å². The van der Waals surface area contributed by atoms with Crippen LogP contribution in [0.3, 0.4) is 0 Å². The van der Waals surface area contributed by atoms with E-state index in [4.69, 9.17) is 9.47 Å². The van der Waals surface area contributed by atoms with Crippen molar-refractivity contribution in [3.63, 3.8) is 0 Å². The van der Waals surface area contributed by atoms with Gasteiger partial charge in [0, 0.05) is 11.8 Å².